The van der Waals surface area contributed by atoms with Crippen LogP contribution in [0.3, 0.4) is 0 Å². The maximum atomic E-state index is 2.73. The van der Waals surface area contributed by atoms with Crippen LogP contribution in [0.4, 0.5) is 17.1 Å². The van der Waals surface area contributed by atoms with E-state index in [1.54, 1.807) is 11.1 Å². The molecule has 3 aliphatic carbocycles. The second-order valence-electron chi connectivity index (χ2n) is 17.9. The zero-order chi connectivity index (χ0) is 36.3. The van der Waals surface area contributed by atoms with E-state index in [-0.39, 0.29) is 12.1 Å². The molecule has 4 heterocycles. The van der Waals surface area contributed by atoms with Crippen molar-refractivity contribution in [1.82, 2.24) is 4.57 Å². The van der Waals surface area contributed by atoms with Crippen molar-refractivity contribution in [3.63, 3.8) is 0 Å². The van der Waals surface area contributed by atoms with Crippen molar-refractivity contribution in [2.24, 2.45) is 23.7 Å². The van der Waals surface area contributed by atoms with Crippen molar-refractivity contribution >= 4 is 83.5 Å². The van der Waals surface area contributed by atoms with E-state index in [1.807, 2.05) is 0 Å². The molecule has 3 heteroatoms. The van der Waals surface area contributed by atoms with Crippen LogP contribution >= 0.6 is 0 Å². The Hall–Kier alpha value is -5.80. The van der Waals surface area contributed by atoms with Crippen molar-refractivity contribution in [1.29, 1.82) is 0 Å². The number of hydrogen-bond donors (Lipinski definition) is 0. The van der Waals surface area contributed by atoms with Gasteiger partial charge in [-0.05, 0) is 129 Å². The summed E-state index contributed by atoms with van der Waals surface area (Å²) >= 11 is 0. The fourth-order valence-electron chi connectivity index (χ4n) is 14.0. The molecule has 0 saturated heterocycles. The van der Waals surface area contributed by atoms with Gasteiger partial charge in [-0.3, -0.25) is 0 Å². The van der Waals surface area contributed by atoms with E-state index in [4.69, 9.17) is 0 Å². The lowest BCUT2D eigenvalue weighted by Crippen LogP contribution is -2.63. The van der Waals surface area contributed by atoms with Crippen LogP contribution in [-0.2, 0) is 5.41 Å². The van der Waals surface area contributed by atoms with Gasteiger partial charge in [0.2, 0.25) is 0 Å². The Morgan fingerprint density at radius 3 is 1.95 bits per heavy atom. The first kappa shape index (κ1) is 30.4. The first-order chi connectivity index (χ1) is 27.8. The molecular weight excluding hydrogens is 675 g/mol. The number of anilines is 3. The van der Waals surface area contributed by atoms with Crippen LogP contribution in [-0.4, -0.2) is 11.3 Å². The fraction of sp³-hybridized carbons (Fsp3) is 0.208. The van der Waals surface area contributed by atoms with Crippen molar-refractivity contribution in [2.75, 3.05) is 4.90 Å². The van der Waals surface area contributed by atoms with Crippen LogP contribution < -0.4 is 21.3 Å². The maximum absolute atomic E-state index is 2.73. The Morgan fingerprint density at radius 1 is 0.482 bits per heavy atom. The molecule has 14 rings (SSSR count). The number of fused-ring (bicyclic) bond motifs is 14. The monoisotopic (exact) mass is 716 g/mol. The Balaban J connectivity index is 1.18. The van der Waals surface area contributed by atoms with Crippen LogP contribution in [0.25, 0.3) is 49.0 Å². The molecule has 0 amide bonds. The van der Waals surface area contributed by atoms with E-state index >= 15 is 0 Å². The summed E-state index contributed by atoms with van der Waals surface area (Å²) < 4.78 is 2.64. The van der Waals surface area contributed by atoms with Gasteiger partial charge in [-0.2, -0.15) is 0 Å². The Labute approximate surface area is 327 Å². The highest BCUT2D eigenvalue weighted by Gasteiger charge is 2.62. The third-order valence-corrected chi connectivity index (χ3v) is 15.8. The summed E-state index contributed by atoms with van der Waals surface area (Å²) in [6.07, 6.45) is 8.41. The molecule has 56 heavy (non-hydrogen) atoms. The molecule has 3 saturated carbocycles. The summed E-state index contributed by atoms with van der Waals surface area (Å²) in [6, 6.07) is 58.9. The molecule has 6 aliphatic rings. The third kappa shape index (κ3) is 3.54. The molecule has 2 nitrogen and oxygen atoms in total. The highest BCUT2D eigenvalue weighted by molar-refractivity contribution is 7.00. The van der Waals surface area contributed by atoms with Gasteiger partial charge in [-0.25, -0.2) is 0 Å². The number of nitrogens with zero attached hydrogens (tertiary/aromatic N) is 2. The van der Waals surface area contributed by atoms with Gasteiger partial charge in [-0.1, -0.05) is 134 Å². The van der Waals surface area contributed by atoms with E-state index in [9.17, 15) is 0 Å². The molecule has 5 atom stereocenters. The predicted octanol–water partition coefficient (Wildman–Crippen LogP) is 11.3. The molecule has 266 valence electrons. The van der Waals surface area contributed by atoms with Crippen molar-refractivity contribution in [3.05, 3.63) is 163 Å². The van der Waals surface area contributed by atoms with E-state index in [2.05, 4.69) is 161 Å². The van der Waals surface area contributed by atoms with Crippen molar-refractivity contribution in [3.8, 4) is 5.69 Å². The highest BCUT2D eigenvalue weighted by atomic mass is 15.2. The lowest BCUT2D eigenvalue weighted by atomic mass is 9.32. The molecule has 1 aromatic heterocycles. The van der Waals surface area contributed by atoms with Crippen LogP contribution in [0.5, 0.6) is 0 Å². The van der Waals surface area contributed by atoms with Gasteiger partial charge in [0.05, 0.1) is 11.2 Å². The second kappa shape index (κ2) is 10.7. The summed E-state index contributed by atoms with van der Waals surface area (Å²) in [5, 5.41) is 7.69. The number of rotatable bonds is 0. The van der Waals surface area contributed by atoms with Crippen molar-refractivity contribution in [2.45, 2.75) is 43.9 Å². The molecular formula is C53H41BN2. The van der Waals surface area contributed by atoms with Gasteiger partial charge in [0.1, 0.15) is 0 Å². The smallest absolute Gasteiger partial charge is 0.252 e. The van der Waals surface area contributed by atoms with Crippen LogP contribution in [0.2, 0.25) is 0 Å². The van der Waals surface area contributed by atoms with Crippen LogP contribution in [0.1, 0.15) is 49.7 Å². The second-order valence-corrected chi connectivity index (χ2v) is 17.9. The van der Waals surface area contributed by atoms with E-state index < -0.39 is 0 Å². The van der Waals surface area contributed by atoms with Gasteiger partial charge in [0.25, 0.3) is 6.71 Å². The predicted molar refractivity (Wildman–Crippen MR) is 235 cm³/mol. The van der Waals surface area contributed by atoms with Gasteiger partial charge in [0, 0.05) is 38.8 Å². The summed E-state index contributed by atoms with van der Waals surface area (Å²) in [5.74, 6) is 3.14. The number of para-hydroxylation sites is 4. The fourth-order valence-corrected chi connectivity index (χ4v) is 14.0. The zero-order valence-electron chi connectivity index (χ0n) is 31.5. The van der Waals surface area contributed by atoms with E-state index in [0.717, 1.165) is 11.8 Å². The third-order valence-electron chi connectivity index (χ3n) is 15.8. The zero-order valence-corrected chi connectivity index (χ0v) is 31.5. The van der Waals surface area contributed by atoms with Gasteiger partial charge < -0.3 is 9.47 Å². The molecule has 0 N–H and O–H groups in total. The average Bonchev–Trinajstić information content (AvgIpc) is 3.29. The SMILES string of the molecule is c1ccc2c(c1)N1c3cccc4c3B(c3cccc(c31)C21C2CCC3CCC(C2)CC31)c1cccc2c3ccccc3c3ccccc3c3ccccc3n-4c12. The maximum Gasteiger partial charge on any atom is 0.252 e. The first-order valence-electron chi connectivity index (χ1n) is 21.2. The summed E-state index contributed by atoms with van der Waals surface area (Å²) in [5.41, 5.74) is 15.7. The molecule has 3 bridgehead atoms. The van der Waals surface area contributed by atoms with Crippen LogP contribution in [0.15, 0.2) is 152 Å². The molecule has 8 aromatic rings. The average molecular weight is 717 g/mol. The Kier molecular flexibility index (Phi) is 5.83. The quantitative estimate of drug-likeness (QED) is 0.142. The first-order valence-corrected chi connectivity index (χ1v) is 21.2. The largest absolute Gasteiger partial charge is 0.311 e. The standard InChI is InChI=1S/C53H41BN2/c1-3-14-37-35(12-1)36-13-2-4-15-38(36)40-17-9-20-44-51(40)55(46-22-7-5-16-39(37)46)48-24-11-25-49-50(48)54(44)45-21-10-19-42-52(45)56(49)47-23-8-6-18-41(47)53(42)34-29-28-33-27-26-32(30-34)31-43(33)53/h1-25,32-34,43H,26-31H2. The van der Waals surface area contributed by atoms with Gasteiger partial charge in [-0.15, -0.1) is 0 Å². The molecule has 7 aromatic carbocycles. The normalized spacial score (nSPS) is 24.4. The van der Waals surface area contributed by atoms with E-state index in [1.165, 1.54) is 121 Å². The van der Waals surface area contributed by atoms with Gasteiger partial charge in [0.15, 0.2) is 0 Å². The summed E-state index contributed by atoms with van der Waals surface area (Å²) in [6.45, 7) is 0.114. The van der Waals surface area contributed by atoms with Crippen molar-refractivity contribution < 1.29 is 0 Å². The summed E-state index contributed by atoms with van der Waals surface area (Å²) in [4.78, 5) is 2.73. The molecule has 3 fully saturated rings. The molecule has 3 aliphatic heterocycles. The van der Waals surface area contributed by atoms with E-state index in [0.29, 0.717) is 11.8 Å². The molecule has 1 spiro atoms. The Morgan fingerprint density at radius 2 is 1.09 bits per heavy atom. The molecule has 0 radical (unpaired) electrons. The lowest BCUT2D eigenvalue weighted by Gasteiger charge is -2.64. The molecule has 5 unspecified atom stereocenters. The number of aromatic nitrogens is 1. The minimum atomic E-state index is 0.0706. The lowest BCUT2D eigenvalue weighted by molar-refractivity contribution is -0.0341. The number of hydrogen-bond acceptors (Lipinski definition) is 1. The minimum Gasteiger partial charge on any atom is -0.311 e. The van der Waals surface area contributed by atoms with Gasteiger partial charge >= 0.3 is 0 Å². The minimum absolute atomic E-state index is 0.0706. The Bertz CT molecular complexity index is 3110. The topological polar surface area (TPSA) is 8.17 Å². The highest BCUT2D eigenvalue weighted by Crippen LogP contribution is 2.69. The number of benzene rings is 7. The summed E-state index contributed by atoms with van der Waals surface area (Å²) in [7, 11) is 0. The van der Waals surface area contributed by atoms with Crippen LogP contribution in [0, 0.1) is 23.7 Å².